The minimum Gasteiger partial charge on any atom is -0.456 e. The van der Waals surface area contributed by atoms with Crippen molar-refractivity contribution >= 4 is 65.6 Å². The van der Waals surface area contributed by atoms with Crippen LogP contribution in [0.1, 0.15) is 0 Å². The molecule has 3 aromatic heterocycles. The van der Waals surface area contributed by atoms with Crippen LogP contribution in [-0.2, 0) is 0 Å². The highest BCUT2D eigenvalue weighted by Gasteiger charge is 2.18. The predicted molar refractivity (Wildman–Crippen MR) is 239 cm³/mol. The number of benzene rings is 9. The van der Waals surface area contributed by atoms with Gasteiger partial charge in [0.15, 0.2) is 0 Å². The Bertz CT molecular complexity index is 3450. The molecule has 0 aliphatic heterocycles. The molecule has 0 spiro atoms. The number of rotatable bonds is 5. The van der Waals surface area contributed by atoms with Crippen LogP contribution in [0.25, 0.3) is 110 Å². The zero-order valence-electron chi connectivity index (χ0n) is 30.9. The van der Waals surface area contributed by atoms with E-state index in [1.165, 1.54) is 71.5 Å². The van der Waals surface area contributed by atoms with Gasteiger partial charge in [-0.1, -0.05) is 133 Å². The van der Waals surface area contributed by atoms with Crippen molar-refractivity contribution in [1.29, 1.82) is 0 Å². The molecule has 0 aliphatic rings. The second-order valence-electron chi connectivity index (χ2n) is 14.9. The first-order chi connectivity index (χ1) is 28.2. The Morgan fingerprint density at radius 3 is 1.47 bits per heavy atom. The van der Waals surface area contributed by atoms with Crippen LogP contribution in [0, 0.1) is 0 Å². The van der Waals surface area contributed by atoms with E-state index in [1.807, 2.05) is 12.1 Å². The molecule has 0 saturated carbocycles. The first kappa shape index (κ1) is 31.7. The quantitative estimate of drug-likeness (QED) is 0.173. The smallest absolute Gasteiger partial charge is 0.137 e. The minimum absolute atomic E-state index is 0.892. The summed E-state index contributed by atoms with van der Waals surface area (Å²) in [4.78, 5) is 0. The Hall–Kier alpha value is -7.62. The highest BCUT2D eigenvalue weighted by molar-refractivity contribution is 6.13. The van der Waals surface area contributed by atoms with Crippen molar-refractivity contribution < 1.29 is 4.42 Å². The fourth-order valence-electron chi connectivity index (χ4n) is 9.05. The van der Waals surface area contributed by atoms with Crippen molar-refractivity contribution in [3.05, 3.63) is 206 Å². The van der Waals surface area contributed by atoms with Crippen LogP contribution in [0.4, 0.5) is 0 Å². The molecule has 9 aromatic carbocycles. The van der Waals surface area contributed by atoms with E-state index < -0.39 is 0 Å². The fourth-order valence-corrected chi connectivity index (χ4v) is 9.05. The summed E-state index contributed by atoms with van der Waals surface area (Å²) in [7, 11) is 0. The minimum atomic E-state index is 0.892. The van der Waals surface area contributed by atoms with Gasteiger partial charge in [-0.15, -0.1) is 0 Å². The number of hydrogen-bond donors (Lipinski definition) is 0. The number of fused-ring (bicyclic) bond motifs is 9. The van der Waals surface area contributed by atoms with Gasteiger partial charge in [0.05, 0.1) is 22.1 Å². The molecular weight excluding hydrogens is 693 g/mol. The maximum atomic E-state index is 6.36. The van der Waals surface area contributed by atoms with Gasteiger partial charge in [0.1, 0.15) is 11.2 Å². The summed E-state index contributed by atoms with van der Waals surface area (Å²) in [5, 5.41) is 7.19. The third-order valence-corrected chi connectivity index (χ3v) is 11.7. The van der Waals surface area contributed by atoms with E-state index in [1.54, 1.807) is 0 Å². The first-order valence-electron chi connectivity index (χ1n) is 19.5. The summed E-state index contributed by atoms with van der Waals surface area (Å²) in [6.45, 7) is 0. The summed E-state index contributed by atoms with van der Waals surface area (Å²) in [6, 6.07) is 74.6. The third kappa shape index (κ3) is 4.99. The van der Waals surface area contributed by atoms with E-state index in [0.717, 1.165) is 38.8 Å². The summed E-state index contributed by atoms with van der Waals surface area (Å²) < 4.78 is 11.2. The second kappa shape index (κ2) is 12.5. The molecule has 3 nitrogen and oxygen atoms in total. The lowest BCUT2D eigenvalue weighted by Crippen LogP contribution is -1.96. The molecule has 266 valence electrons. The lowest BCUT2D eigenvalue weighted by atomic mass is 9.98. The molecule has 0 N–H and O–H groups in total. The van der Waals surface area contributed by atoms with Crippen LogP contribution in [0.3, 0.4) is 0 Å². The number of hydrogen-bond acceptors (Lipinski definition) is 1. The van der Waals surface area contributed by atoms with E-state index in [4.69, 9.17) is 4.42 Å². The lowest BCUT2D eigenvalue weighted by molar-refractivity contribution is 0.668. The fraction of sp³-hybridized carbons (Fsp3) is 0. The first-order valence-corrected chi connectivity index (χ1v) is 19.5. The second-order valence-corrected chi connectivity index (χ2v) is 14.9. The summed E-state index contributed by atoms with van der Waals surface area (Å²) in [6.07, 6.45) is 0. The van der Waals surface area contributed by atoms with Gasteiger partial charge in [0.25, 0.3) is 0 Å². The number of nitrogens with zero attached hydrogens (tertiary/aromatic N) is 2. The van der Waals surface area contributed by atoms with Gasteiger partial charge in [0.2, 0.25) is 0 Å². The molecule has 0 aliphatic carbocycles. The molecule has 0 radical (unpaired) electrons. The molecule has 3 heterocycles. The zero-order chi connectivity index (χ0) is 37.5. The largest absolute Gasteiger partial charge is 0.456 e. The van der Waals surface area contributed by atoms with E-state index in [-0.39, 0.29) is 0 Å². The van der Waals surface area contributed by atoms with Gasteiger partial charge >= 0.3 is 0 Å². The van der Waals surface area contributed by atoms with Crippen molar-refractivity contribution in [3.8, 4) is 44.8 Å². The Labute approximate surface area is 328 Å². The van der Waals surface area contributed by atoms with Crippen molar-refractivity contribution in [2.24, 2.45) is 0 Å². The van der Waals surface area contributed by atoms with Crippen LogP contribution in [0.2, 0.25) is 0 Å². The molecule has 57 heavy (non-hydrogen) atoms. The van der Waals surface area contributed by atoms with Gasteiger partial charge in [-0.3, -0.25) is 0 Å². The summed E-state index contributed by atoms with van der Waals surface area (Å²) in [5.74, 6) is 0. The molecule has 0 bridgehead atoms. The van der Waals surface area contributed by atoms with Crippen LogP contribution in [0.15, 0.2) is 211 Å². The predicted octanol–water partition coefficient (Wildman–Crippen LogP) is 14.8. The van der Waals surface area contributed by atoms with Crippen molar-refractivity contribution in [3.63, 3.8) is 0 Å². The summed E-state index contributed by atoms with van der Waals surface area (Å²) >= 11 is 0. The molecule has 0 amide bonds. The SMILES string of the molecule is c1ccc(-c2cc(-c3ccccc3)cc(-n3c4ccccc4c4cc(-c5ccc6c7ccccc7n(-c7ccc8c(c7)oc7ccccc78)c6c5)ccc43)c2)cc1. The highest BCUT2D eigenvalue weighted by Crippen LogP contribution is 2.40. The monoisotopic (exact) mass is 726 g/mol. The van der Waals surface area contributed by atoms with Crippen molar-refractivity contribution in [2.45, 2.75) is 0 Å². The van der Waals surface area contributed by atoms with Gasteiger partial charge in [-0.25, -0.2) is 0 Å². The van der Waals surface area contributed by atoms with Crippen LogP contribution in [0.5, 0.6) is 0 Å². The van der Waals surface area contributed by atoms with Crippen LogP contribution >= 0.6 is 0 Å². The van der Waals surface area contributed by atoms with E-state index in [2.05, 4.69) is 203 Å². The molecule has 3 heteroatoms. The Kier molecular flexibility index (Phi) is 6.93. The van der Waals surface area contributed by atoms with E-state index >= 15 is 0 Å². The van der Waals surface area contributed by atoms with Gasteiger partial charge in [-0.05, 0) is 100 Å². The van der Waals surface area contributed by atoms with Gasteiger partial charge in [0, 0.05) is 49.8 Å². The molecule has 12 rings (SSSR count). The molecule has 0 fully saturated rings. The summed E-state index contributed by atoms with van der Waals surface area (Å²) in [5.41, 5.74) is 15.9. The van der Waals surface area contributed by atoms with Crippen LogP contribution < -0.4 is 0 Å². The average Bonchev–Trinajstić information content (AvgIpc) is 3.93. The third-order valence-electron chi connectivity index (χ3n) is 11.7. The maximum Gasteiger partial charge on any atom is 0.137 e. The normalized spacial score (nSPS) is 11.9. The Morgan fingerprint density at radius 2 is 0.754 bits per heavy atom. The Balaban J connectivity index is 1.04. The average molecular weight is 727 g/mol. The molecule has 0 atom stereocenters. The Morgan fingerprint density at radius 1 is 0.246 bits per heavy atom. The van der Waals surface area contributed by atoms with E-state index in [9.17, 15) is 0 Å². The molecule has 0 unspecified atom stereocenters. The molecular formula is C54H34N2O. The maximum absolute atomic E-state index is 6.36. The van der Waals surface area contributed by atoms with Crippen molar-refractivity contribution in [2.75, 3.05) is 0 Å². The number of aromatic nitrogens is 2. The zero-order valence-corrected chi connectivity index (χ0v) is 30.9. The van der Waals surface area contributed by atoms with Gasteiger partial charge < -0.3 is 13.6 Å². The van der Waals surface area contributed by atoms with Crippen LogP contribution in [-0.4, -0.2) is 9.13 Å². The number of para-hydroxylation sites is 3. The lowest BCUT2D eigenvalue weighted by Gasteiger charge is -2.14. The molecule has 12 aromatic rings. The standard InChI is InChI=1S/C54H34N2O/c1-3-13-35(14-4-1)39-29-40(36-15-5-2-6-16-36)31-42(30-39)56-50-21-11-8-18-44(50)48-32-37(24-28-51(48)56)38-23-26-45-43-17-7-10-20-49(43)55(52(45)33-38)41-25-27-47-46-19-9-12-22-53(46)57-54(47)34-41/h1-34H. The van der Waals surface area contributed by atoms with Gasteiger partial charge in [-0.2, -0.15) is 0 Å². The topological polar surface area (TPSA) is 23.0 Å². The van der Waals surface area contributed by atoms with E-state index in [0.29, 0.717) is 0 Å². The molecule has 0 saturated heterocycles. The number of furan rings is 1. The highest BCUT2D eigenvalue weighted by atomic mass is 16.3. The van der Waals surface area contributed by atoms with Crippen molar-refractivity contribution in [1.82, 2.24) is 9.13 Å².